The van der Waals surface area contributed by atoms with Crippen molar-refractivity contribution in [2.24, 2.45) is 0 Å². The summed E-state index contributed by atoms with van der Waals surface area (Å²) >= 11 is 1.51. The second kappa shape index (κ2) is 8.18. The van der Waals surface area contributed by atoms with E-state index in [9.17, 15) is 10.1 Å². The Labute approximate surface area is 145 Å². The Balaban J connectivity index is 2.37. The third-order valence-electron chi connectivity index (χ3n) is 3.79. The second-order valence-electron chi connectivity index (χ2n) is 5.36. The van der Waals surface area contributed by atoms with Gasteiger partial charge in [-0.1, -0.05) is 13.8 Å². The molecule has 0 fully saturated rings. The maximum absolute atomic E-state index is 12.5. The molecule has 2 aromatic rings. The average molecular weight is 346 g/mol. The van der Waals surface area contributed by atoms with Gasteiger partial charge in [0.05, 0.1) is 17.9 Å². The van der Waals surface area contributed by atoms with E-state index in [2.05, 4.69) is 10.1 Å². The monoisotopic (exact) mass is 346 g/mol. The summed E-state index contributed by atoms with van der Waals surface area (Å²) in [6, 6.07) is 2.04. The molecule has 2 aromatic heterocycles. The highest BCUT2D eigenvalue weighted by Gasteiger charge is 2.17. The highest BCUT2D eigenvalue weighted by molar-refractivity contribution is 7.09. The first-order chi connectivity index (χ1) is 11.5. The molecular formula is C17H22N4O2S. The summed E-state index contributed by atoms with van der Waals surface area (Å²) in [5.41, 5.74) is 2.16. The van der Waals surface area contributed by atoms with Crippen molar-refractivity contribution >= 4 is 11.3 Å². The lowest BCUT2D eigenvalue weighted by atomic mass is 10.0. The van der Waals surface area contributed by atoms with Crippen LogP contribution in [0.1, 0.15) is 61.3 Å². The van der Waals surface area contributed by atoms with Gasteiger partial charge >= 0.3 is 0 Å². The van der Waals surface area contributed by atoms with Crippen LogP contribution in [-0.2, 0) is 24.1 Å². The highest BCUT2D eigenvalue weighted by atomic mass is 32.1. The standard InChI is InChI=1S/C17H22N4O2S/c1-5-13-14(8-18)17(22)21(20-15(13)6-2)9-12-10-24-16(19-12)11(4)23-7-3/h10-11H,5-7,9H2,1-4H3. The van der Waals surface area contributed by atoms with Crippen LogP contribution in [0.15, 0.2) is 10.2 Å². The molecule has 1 unspecified atom stereocenters. The molecule has 0 saturated heterocycles. The van der Waals surface area contributed by atoms with Gasteiger partial charge in [0.1, 0.15) is 22.7 Å². The van der Waals surface area contributed by atoms with Gasteiger partial charge in [-0.05, 0) is 32.3 Å². The lowest BCUT2D eigenvalue weighted by Crippen LogP contribution is -2.29. The normalized spacial score (nSPS) is 12.1. The number of nitriles is 1. The molecule has 0 amide bonds. The highest BCUT2D eigenvalue weighted by Crippen LogP contribution is 2.21. The SMILES string of the molecule is CCOC(C)c1nc(Cn2nc(CC)c(CC)c(C#N)c2=O)cs1. The maximum atomic E-state index is 12.5. The van der Waals surface area contributed by atoms with Gasteiger partial charge in [0.15, 0.2) is 0 Å². The molecule has 6 nitrogen and oxygen atoms in total. The summed E-state index contributed by atoms with van der Waals surface area (Å²) in [5.74, 6) is 0. The average Bonchev–Trinajstić information content (AvgIpc) is 3.05. The van der Waals surface area contributed by atoms with Crippen molar-refractivity contribution < 1.29 is 4.74 Å². The zero-order valence-corrected chi connectivity index (χ0v) is 15.3. The summed E-state index contributed by atoms with van der Waals surface area (Å²) in [6.07, 6.45) is 1.24. The van der Waals surface area contributed by atoms with E-state index in [0.717, 1.165) is 22.0 Å². The lowest BCUT2D eigenvalue weighted by molar-refractivity contribution is 0.0761. The summed E-state index contributed by atoms with van der Waals surface area (Å²) < 4.78 is 6.89. The fraction of sp³-hybridized carbons (Fsp3) is 0.529. The van der Waals surface area contributed by atoms with Gasteiger partial charge in [0.2, 0.25) is 0 Å². The molecular weight excluding hydrogens is 324 g/mol. The van der Waals surface area contributed by atoms with Gasteiger partial charge in [-0.3, -0.25) is 4.79 Å². The van der Waals surface area contributed by atoms with Gasteiger partial charge in [0, 0.05) is 12.0 Å². The number of aromatic nitrogens is 3. The molecule has 0 aliphatic rings. The van der Waals surface area contributed by atoms with E-state index in [1.54, 1.807) is 0 Å². The minimum Gasteiger partial charge on any atom is -0.372 e. The Morgan fingerprint density at radius 2 is 2.12 bits per heavy atom. The Bertz CT molecular complexity index is 804. The van der Waals surface area contributed by atoms with Crippen LogP contribution < -0.4 is 5.56 Å². The van der Waals surface area contributed by atoms with E-state index in [0.29, 0.717) is 19.4 Å². The third kappa shape index (κ3) is 3.71. The number of aryl methyl sites for hydroxylation is 1. The van der Waals surface area contributed by atoms with Gasteiger partial charge in [-0.15, -0.1) is 11.3 Å². The van der Waals surface area contributed by atoms with Crippen LogP contribution in [0.2, 0.25) is 0 Å². The van der Waals surface area contributed by atoms with Gasteiger partial charge in [0.25, 0.3) is 5.56 Å². The zero-order chi connectivity index (χ0) is 17.7. The van der Waals surface area contributed by atoms with E-state index >= 15 is 0 Å². The molecule has 0 N–H and O–H groups in total. The van der Waals surface area contributed by atoms with Crippen molar-refractivity contribution in [1.29, 1.82) is 5.26 Å². The molecule has 0 bridgehead atoms. The summed E-state index contributed by atoms with van der Waals surface area (Å²) in [6.45, 7) is 8.70. The van der Waals surface area contributed by atoms with Gasteiger partial charge in [-0.2, -0.15) is 10.4 Å². The molecule has 2 rings (SSSR count). The summed E-state index contributed by atoms with van der Waals surface area (Å²) in [7, 11) is 0. The number of thiazole rings is 1. The summed E-state index contributed by atoms with van der Waals surface area (Å²) in [5, 5.41) is 16.6. The van der Waals surface area contributed by atoms with E-state index in [1.807, 2.05) is 39.1 Å². The van der Waals surface area contributed by atoms with Crippen LogP contribution in [0, 0.1) is 11.3 Å². The minimum absolute atomic E-state index is 0.0678. The van der Waals surface area contributed by atoms with Crippen LogP contribution in [0.5, 0.6) is 0 Å². The Morgan fingerprint density at radius 3 is 2.71 bits per heavy atom. The van der Waals surface area contributed by atoms with Crippen molar-refractivity contribution in [3.63, 3.8) is 0 Å². The minimum atomic E-state index is -0.348. The maximum Gasteiger partial charge on any atom is 0.285 e. The first-order valence-corrected chi connectivity index (χ1v) is 9.02. The first kappa shape index (κ1) is 18.3. The zero-order valence-electron chi connectivity index (χ0n) is 14.5. The molecule has 0 aromatic carbocycles. The quantitative estimate of drug-likeness (QED) is 0.770. The molecule has 7 heteroatoms. The molecule has 0 spiro atoms. The molecule has 0 aliphatic heterocycles. The van der Waals surface area contributed by atoms with Crippen molar-refractivity contribution in [3.05, 3.63) is 43.3 Å². The molecule has 0 aliphatic carbocycles. The topological polar surface area (TPSA) is 80.8 Å². The Hall–Kier alpha value is -2.04. The smallest absolute Gasteiger partial charge is 0.285 e. The number of ether oxygens (including phenoxy) is 1. The number of nitrogens with zero attached hydrogens (tertiary/aromatic N) is 4. The van der Waals surface area contributed by atoms with E-state index in [1.165, 1.54) is 16.0 Å². The third-order valence-corrected chi connectivity index (χ3v) is 4.84. The first-order valence-electron chi connectivity index (χ1n) is 8.14. The van der Waals surface area contributed by atoms with E-state index in [4.69, 9.17) is 4.74 Å². The fourth-order valence-corrected chi connectivity index (χ4v) is 3.41. The van der Waals surface area contributed by atoms with E-state index < -0.39 is 0 Å². The Morgan fingerprint density at radius 1 is 1.38 bits per heavy atom. The molecule has 0 radical (unpaired) electrons. The molecule has 0 saturated carbocycles. The molecule has 2 heterocycles. The fourth-order valence-electron chi connectivity index (χ4n) is 2.60. The molecule has 1 atom stereocenters. The van der Waals surface area contributed by atoms with Gasteiger partial charge < -0.3 is 4.74 Å². The predicted molar refractivity (Wildman–Crippen MR) is 93.2 cm³/mol. The number of hydrogen-bond donors (Lipinski definition) is 0. The molecule has 24 heavy (non-hydrogen) atoms. The van der Waals surface area contributed by atoms with Crippen LogP contribution >= 0.6 is 11.3 Å². The number of rotatable bonds is 7. The van der Waals surface area contributed by atoms with E-state index in [-0.39, 0.29) is 23.8 Å². The van der Waals surface area contributed by atoms with Crippen molar-refractivity contribution in [2.45, 2.75) is 53.2 Å². The van der Waals surface area contributed by atoms with Crippen molar-refractivity contribution in [2.75, 3.05) is 6.61 Å². The molecule has 128 valence electrons. The van der Waals surface area contributed by atoms with Crippen LogP contribution in [0.4, 0.5) is 0 Å². The van der Waals surface area contributed by atoms with Crippen molar-refractivity contribution in [3.8, 4) is 6.07 Å². The second-order valence-corrected chi connectivity index (χ2v) is 6.25. The van der Waals surface area contributed by atoms with Crippen LogP contribution in [0.3, 0.4) is 0 Å². The number of hydrogen-bond acceptors (Lipinski definition) is 6. The van der Waals surface area contributed by atoms with Crippen LogP contribution in [-0.4, -0.2) is 21.4 Å². The summed E-state index contributed by atoms with van der Waals surface area (Å²) in [4.78, 5) is 17.1. The predicted octanol–water partition coefficient (Wildman–Crippen LogP) is 2.84. The van der Waals surface area contributed by atoms with Crippen molar-refractivity contribution in [1.82, 2.24) is 14.8 Å². The largest absolute Gasteiger partial charge is 0.372 e. The Kier molecular flexibility index (Phi) is 6.23. The van der Waals surface area contributed by atoms with Crippen LogP contribution in [0.25, 0.3) is 0 Å². The lowest BCUT2D eigenvalue weighted by Gasteiger charge is -2.11. The van der Waals surface area contributed by atoms with Gasteiger partial charge in [-0.25, -0.2) is 9.67 Å².